The number of methoxy groups -OCH3 is 1. The molecular formula is C26H25NO3S. The summed E-state index contributed by atoms with van der Waals surface area (Å²) in [6, 6.07) is 28.2. The van der Waals surface area contributed by atoms with Crippen LogP contribution in [0.15, 0.2) is 95.9 Å². The Labute approximate surface area is 183 Å². The van der Waals surface area contributed by atoms with E-state index in [1.54, 1.807) is 26.3 Å². The van der Waals surface area contributed by atoms with Gasteiger partial charge in [0.15, 0.2) is 0 Å². The SMILES string of the molecule is COc1ccc2cc([C@@H](c3ccccc3)N(C)S(=O)(=O)c3ccc(C)cc3)ccc2c1. The van der Waals surface area contributed by atoms with Gasteiger partial charge in [-0.05, 0) is 59.2 Å². The first kappa shape index (κ1) is 21.1. The summed E-state index contributed by atoms with van der Waals surface area (Å²) in [4.78, 5) is 0.284. The molecule has 0 aliphatic carbocycles. The minimum atomic E-state index is -3.70. The van der Waals surface area contributed by atoms with E-state index < -0.39 is 16.1 Å². The summed E-state index contributed by atoms with van der Waals surface area (Å²) in [6.45, 7) is 1.94. The van der Waals surface area contributed by atoms with Gasteiger partial charge in [-0.2, -0.15) is 4.31 Å². The van der Waals surface area contributed by atoms with E-state index in [0.717, 1.165) is 33.2 Å². The highest BCUT2D eigenvalue weighted by Gasteiger charge is 2.30. The van der Waals surface area contributed by atoms with E-state index in [0.29, 0.717) is 0 Å². The number of hydrogen-bond acceptors (Lipinski definition) is 3. The van der Waals surface area contributed by atoms with Crippen LogP contribution in [0.1, 0.15) is 22.7 Å². The van der Waals surface area contributed by atoms with Crippen molar-refractivity contribution >= 4 is 20.8 Å². The Hall–Kier alpha value is -3.15. The molecule has 5 heteroatoms. The number of aryl methyl sites for hydroxylation is 1. The highest BCUT2D eigenvalue weighted by atomic mass is 32.2. The van der Waals surface area contributed by atoms with Gasteiger partial charge in [-0.3, -0.25) is 0 Å². The minimum absolute atomic E-state index is 0.284. The summed E-state index contributed by atoms with van der Waals surface area (Å²) in [5, 5.41) is 2.07. The Morgan fingerprint density at radius 3 is 2.10 bits per heavy atom. The first-order valence-corrected chi connectivity index (χ1v) is 11.5. The van der Waals surface area contributed by atoms with Crippen LogP contribution in [0.4, 0.5) is 0 Å². The summed E-state index contributed by atoms with van der Waals surface area (Å²) < 4.78 is 33.8. The van der Waals surface area contributed by atoms with Crippen LogP contribution in [0, 0.1) is 6.92 Å². The van der Waals surface area contributed by atoms with Gasteiger partial charge in [0.1, 0.15) is 5.75 Å². The molecule has 0 bridgehead atoms. The summed E-state index contributed by atoms with van der Waals surface area (Å²) in [5.74, 6) is 0.791. The van der Waals surface area contributed by atoms with Crippen LogP contribution < -0.4 is 4.74 Å². The molecule has 0 aliphatic rings. The second-order valence-corrected chi connectivity index (χ2v) is 9.62. The van der Waals surface area contributed by atoms with Crippen LogP contribution >= 0.6 is 0 Å². The standard InChI is InChI=1S/C26H25NO3S/c1-19-9-15-25(16-10-19)31(28,29)27(2)26(20-7-5-4-6-8-20)23-12-11-22-18-24(30-3)14-13-21(22)17-23/h4-18,26H,1-3H3/t26-/m1/s1. The number of benzene rings is 4. The van der Waals surface area contributed by atoms with Crippen LogP contribution in [0.25, 0.3) is 10.8 Å². The van der Waals surface area contributed by atoms with E-state index in [2.05, 4.69) is 0 Å². The number of nitrogens with zero attached hydrogens (tertiary/aromatic N) is 1. The third-order valence-corrected chi connectivity index (χ3v) is 7.40. The first-order valence-electron chi connectivity index (χ1n) is 10.1. The molecule has 158 valence electrons. The molecule has 0 saturated carbocycles. The van der Waals surface area contributed by atoms with Crippen LogP contribution in [0.2, 0.25) is 0 Å². The van der Waals surface area contributed by atoms with Crippen molar-refractivity contribution in [3.8, 4) is 5.75 Å². The third kappa shape index (κ3) is 4.20. The molecule has 4 aromatic carbocycles. The van der Waals surface area contributed by atoms with Gasteiger partial charge in [-0.25, -0.2) is 8.42 Å². The van der Waals surface area contributed by atoms with Crippen molar-refractivity contribution in [3.05, 3.63) is 108 Å². The molecule has 0 amide bonds. The van der Waals surface area contributed by atoms with Crippen molar-refractivity contribution in [2.75, 3.05) is 14.2 Å². The number of ether oxygens (including phenoxy) is 1. The van der Waals surface area contributed by atoms with Crippen LogP contribution in [-0.4, -0.2) is 26.9 Å². The lowest BCUT2D eigenvalue weighted by Gasteiger charge is -2.29. The Morgan fingerprint density at radius 2 is 1.42 bits per heavy atom. The molecule has 0 fully saturated rings. The molecular weight excluding hydrogens is 406 g/mol. The Kier molecular flexibility index (Phi) is 5.81. The van der Waals surface area contributed by atoms with Crippen LogP contribution in [-0.2, 0) is 10.0 Å². The monoisotopic (exact) mass is 431 g/mol. The second kappa shape index (κ2) is 8.53. The molecule has 4 rings (SSSR count). The van der Waals surface area contributed by atoms with Gasteiger partial charge >= 0.3 is 0 Å². The third-order valence-electron chi connectivity index (χ3n) is 5.56. The van der Waals surface area contributed by atoms with E-state index in [4.69, 9.17) is 4.74 Å². The normalized spacial score (nSPS) is 12.8. The topological polar surface area (TPSA) is 46.6 Å². The smallest absolute Gasteiger partial charge is 0.243 e. The number of sulfonamides is 1. The number of hydrogen-bond donors (Lipinski definition) is 0. The van der Waals surface area contributed by atoms with Gasteiger partial charge in [0.05, 0.1) is 18.0 Å². The predicted octanol–water partition coefficient (Wildman–Crippen LogP) is 5.57. The van der Waals surface area contributed by atoms with Crippen LogP contribution in [0.3, 0.4) is 0 Å². The van der Waals surface area contributed by atoms with Crippen molar-refractivity contribution in [1.82, 2.24) is 4.31 Å². The highest BCUT2D eigenvalue weighted by Crippen LogP contribution is 2.34. The quantitative estimate of drug-likeness (QED) is 0.401. The predicted molar refractivity (Wildman–Crippen MR) is 125 cm³/mol. The summed E-state index contributed by atoms with van der Waals surface area (Å²) in [7, 11) is -0.413. The van der Waals surface area contributed by atoms with Crippen molar-refractivity contribution in [1.29, 1.82) is 0 Å². The fraction of sp³-hybridized carbons (Fsp3) is 0.154. The zero-order chi connectivity index (χ0) is 22.0. The van der Waals surface area contributed by atoms with Gasteiger partial charge in [-0.15, -0.1) is 0 Å². The Balaban J connectivity index is 1.83. The fourth-order valence-corrected chi connectivity index (χ4v) is 5.14. The molecule has 0 spiro atoms. The summed E-state index contributed by atoms with van der Waals surface area (Å²) >= 11 is 0. The first-order chi connectivity index (χ1) is 14.9. The lowest BCUT2D eigenvalue weighted by atomic mass is 9.96. The molecule has 0 saturated heterocycles. The minimum Gasteiger partial charge on any atom is -0.497 e. The number of rotatable bonds is 6. The maximum atomic E-state index is 13.5. The zero-order valence-corrected chi connectivity index (χ0v) is 18.6. The highest BCUT2D eigenvalue weighted by molar-refractivity contribution is 7.89. The summed E-state index contributed by atoms with van der Waals surface area (Å²) in [6.07, 6.45) is 0. The molecule has 4 aromatic rings. The maximum absolute atomic E-state index is 13.5. The average Bonchev–Trinajstić information content (AvgIpc) is 2.79. The Morgan fingerprint density at radius 1 is 0.774 bits per heavy atom. The fourth-order valence-electron chi connectivity index (χ4n) is 3.80. The summed E-state index contributed by atoms with van der Waals surface area (Å²) in [5.41, 5.74) is 2.83. The molecule has 0 unspecified atom stereocenters. The molecule has 0 N–H and O–H groups in total. The Bertz CT molecular complexity index is 1300. The molecule has 0 aliphatic heterocycles. The van der Waals surface area contributed by atoms with E-state index in [9.17, 15) is 8.42 Å². The van der Waals surface area contributed by atoms with Gasteiger partial charge in [-0.1, -0.05) is 66.2 Å². The molecule has 0 radical (unpaired) electrons. The maximum Gasteiger partial charge on any atom is 0.243 e. The molecule has 1 atom stereocenters. The lowest BCUT2D eigenvalue weighted by molar-refractivity contribution is 0.415. The average molecular weight is 432 g/mol. The van der Waals surface area contributed by atoms with Crippen LogP contribution in [0.5, 0.6) is 5.75 Å². The van der Waals surface area contributed by atoms with E-state index in [1.807, 2.05) is 85.8 Å². The van der Waals surface area contributed by atoms with Crippen molar-refractivity contribution < 1.29 is 13.2 Å². The largest absolute Gasteiger partial charge is 0.497 e. The van der Waals surface area contributed by atoms with Gasteiger partial charge in [0, 0.05) is 7.05 Å². The molecule has 0 heterocycles. The second-order valence-electron chi connectivity index (χ2n) is 7.62. The van der Waals surface area contributed by atoms with E-state index >= 15 is 0 Å². The number of fused-ring (bicyclic) bond motifs is 1. The molecule has 0 aromatic heterocycles. The lowest BCUT2D eigenvalue weighted by Crippen LogP contribution is -2.32. The van der Waals surface area contributed by atoms with Crippen molar-refractivity contribution in [2.45, 2.75) is 17.9 Å². The van der Waals surface area contributed by atoms with E-state index in [-0.39, 0.29) is 4.90 Å². The van der Waals surface area contributed by atoms with Gasteiger partial charge in [0.25, 0.3) is 0 Å². The van der Waals surface area contributed by atoms with Gasteiger partial charge < -0.3 is 4.74 Å². The molecule has 31 heavy (non-hydrogen) atoms. The van der Waals surface area contributed by atoms with Crippen molar-refractivity contribution in [3.63, 3.8) is 0 Å². The zero-order valence-electron chi connectivity index (χ0n) is 17.8. The molecule has 4 nitrogen and oxygen atoms in total. The van der Waals surface area contributed by atoms with Crippen molar-refractivity contribution in [2.24, 2.45) is 0 Å². The van der Waals surface area contributed by atoms with E-state index in [1.165, 1.54) is 4.31 Å². The van der Waals surface area contributed by atoms with Gasteiger partial charge in [0.2, 0.25) is 10.0 Å².